The third kappa shape index (κ3) is 6.27. The summed E-state index contributed by atoms with van der Waals surface area (Å²) in [5.74, 6) is -1.14. The predicted octanol–water partition coefficient (Wildman–Crippen LogP) is 3.33. The Labute approximate surface area is 174 Å². The van der Waals surface area contributed by atoms with Gasteiger partial charge in [0.2, 0.25) is 5.91 Å². The number of carbonyl (C=O) groups excluding carboxylic acids is 3. The van der Waals surface area contributed by atoms with E-state index in [1.807, 2.05) is 36.5 Å². The van der Waals surface area contributed by atoms with Crippen molar-refractivity contribution in [3.63, 3.8) is 0 Å². The molecule has 3 rings (SSSR count). The number of nitrogens with zero attached hydrogens (tertiary/aromatic N) is 2. The molecular weight excluding hydrogens is 382 g/mol. The zero-order valence-corrected chi connectivity index (χ0v) is 16.4. The summed E-state index contributed by atoms with van der Waals surface area (Å²) in [6.07, 6.45) is 6.31. The van der Waals surface area contributed by atoms with Crippen LogP contribution in [0.5, 0.6) is 0 Å². The molecule has 0 bridgehead atoms. The lowest BCUT2D eigenvalue weighted by atomic mass is 10.1. The van der Waals surface area contributed by atoms with Crippen LogP contribution in [0.25, 0.3) is 6.08 Å². The van der Waals surface area contributed by atoms with E-state index in [1.54, 1.807) is 41.2 Å². The molecule has 0 atom stereocenters. The van der Waals surface area contributed by atoms with Gasteiger partial charge in [0.25, 0.3) is 0 Å². The Hall–Kier alpha value is -4.00. The van der Waals surface area contributed by atoms with Gasteiger partial charge in [-0.2, -0.15) is 5.10 Å². The lowest BCUT2D eigenvalue weighted by Crippen LogP contribution is -2.12. The Balaban J connectivity index is 1.47. The predicted molar refractivity (Wildman–Crippen MR) is 113 cm³/mol. The van der Waals surface area contributed by atoms with Crippen molar-refractivity contribution in [3.05, 3.63) is 89.8 Å². The molecule has 0 spiro atoms. The molecule has 1 amide bonds. The normalized spacial score (nSPS) is 10.7. The van der Waals surface area contributed by atoms with Gasteiger partial charge in [-0.1, -0.05) is 30.3 Å². The van der Waals surface area contributed by atoms with E-state index in [9.17, 15) is 14.4 Å². The number of hydrogen-bond acceptors (Lipinski definition) is 5. The lowest BCUT2D eigenvalue weighted by molar-refractivity contribution is -0.136. The highest BCUT2D eigenvalue weighted by Crippen LogP contribution is 2.10. The molecule has 7 heteroatoms. The van der Waals surface area contributed by atoms with Crippen LogP contribution in [0, 0.1) is 0 Å². The Bertz CT molecular complexity index is 1050. The van der Waals surface area contributed by atoms with E-state index in [4.69, 9.17) is 4.74 Å². The summed E-state index contributed by atoms with van der Waals surface area (Å²) in [6.45, 7) is 1.67. The molecule has 1 aromatic heterocycles. The number of nitrogens with one attached hydrogen (secondary N) is 1. The first-order chi connectivity index (χ1) is 14.5. The van der Waals surface area contributed by atoms with Gasteiger partial charge in [-0.25, -0.2) is 4.79 Å². The minimum Gasteiger partial charge on any atom is -0.454 e. The van der Waals surface area contributed by atoms with Gasteiger partial charge in [-0.15, -0.1) is 0 Å². The van der Waals surface area contributed by atoms with Crippen molar-refractivity contribution >= 4 is 29.4 Å². The van der Waals surface area contributed by atoms with E-state index in [0.29, 0.717) is 17.8 Å². The largest absolute Gasteiger partial charge is 0.454 e. The SMILES string of the molecule is CC(=O)Nc1ccc(C(=O)COC(=O)/C=C/c2cnn(Cc3ccccc3)c2)cc1. The van der Waals surface area contributed by atoms with Crippen molar-refractivity contribution in [1.82, 2.24) is 9.78 Å². The first kappa shape index (κ1) is 20.7. The third-order valence-corrected chi connectivity index (χ3v) is 4.13. The van der Waals surface area contributed by atoms with Crippen LogP contribution in [-0.2, 0) is 20.9 Å². The van der Waals surface area contributed by atoms with Gasteiger partial charge in [0.15, 0.2) is 12.4 Å². The molecule has 0 unspecified atom stereocenters. The van der Waals surface area contributed by atoms with E-state index in [0.717, 1.165) is 11.1 Å². The number of hydrogen-bond donors (Lipinski definition) is 1. The first-order valence-electron chi connectivity index (χ1n) is 9.31. The molecule has 0 saturated carbocycles. The highest BCUT2D eigenvalue weighted by atomic mass is 16.5. The van der Waals surface area contributed by atoms with Gasteiger partial charge in [0.05, 0.1) is 12.7 Å². The summed E-state index contributed by atoms with van der Waals surface area (Å²) in [5, 5.41) is 6.88. The summed E-state index contributed by atoms with van der Waals surface area (Å²) < 4.78 is 6.78. The van der Waals surface area contributed by atoms with Gasteiger partial charge >= 0.3 is 5.97 Å². The first-order valence-corrected chi connectivity index (χ1v) is 9.31. The number of anilines is 1. The zero-order chi connectivity index (χ0) is 21.3. The summed E-state index contributed by atoms with van der Waals surface area (Å²) >= 11 is 0. The Kier molecular flexibility index (Phi) is 6.89. The van der Waals surface area contributed by atoms with E-state index < -0.39 is 5.97 Å². The number of Topliss-reactive ketones (excluding diaryl/α,β-unsaturated/α-hetero) is 1. The molecule has 0 saturated heterocycles. The number of aromatic nitrogens is 2. The van der Waals surface area contributed by atoms with Crippen LogP contribution in [0.2, 0.25) is 0 Å². The number of rotatable bonds is 8. The summed E-state index contributed by atoms with van der Waals surface area (Å²) in [6, 6.07) is 16.3. The van der Waals surface area contributed by atoms with Crippen molar-refractivity contribution < 1.29 is 19.1 Å². The standard InChI is InChI=1S/C23H21N3O4/c1-17(27)25-21-10-8-20(9-11-21)22(28)16-30-23(29)12-7-19-13-24-26(15-19)14-18-5-3-2-4-6-18/h2-13,15H,14,16H2,1H3,(H,25,27)/b12-7+. The fourth-order valence-electron chi connectivity index (χ4n) is 2.70. The molecule has 0 radical (unpaired) electrons. The number of ketones is 1. The second-order valence-corrected chi connectivity index (χ2v) is 6.58. The van der Waals surface area contributed by atoms with Crippen molar-refractivity contribution in [2.24, 2.45) is 0 Å². The fraction of sp³-hybridized carbons (Fsp3) is 0.130. The number of amides is 1. The van der Waals surface area contributed by atoms with E-state index in [-0.39, 0.29) is 18.3 Å². The second-order valence-electron chi connectivity index (χ2n) is 6.58. The molecule has 1 heterocycles. The van der Waals surface area contributed by atoms with E-state index in [1.165, 1.54) is 13.0 Å². The van der Waals surface area contributed by atoms with E-state index >= 15 is 0 Å². The molecule has 3 aromatic rings. The summed E-state index contributed by atoms with van der Waals surface area (Å²) in [7, 11) is 0. The number of benzene rings is 2. The van der Waals surface area contributed by atoms with Crippen LogP contribution in [0.4, 0.5) is 5.69 Å². The average Bonchev–Trinajstić information content (AvgIpc) is 3.18. The topological polar surface area (TPSA) is 90.3 Å². The monoisotopic (exact) mass is 403 g/mol. The summed E-state index contributed by atoms with van der Waals surface area (Å²) in [5.41, 5.74) is 2.86. The van der Waals surface area contributed by atoms with E-state index in [2.05, 4.69) is 10.4 Å². The maximum Gasteiger partial charge on any atom is 0.331 e. The number of carbonyl (C=O) groups is 3. The van der Waals surface area contributed by atoms with Gasteiger partial charge in [-0.3, -0.25) is 14.3 Å². The van der Waals surface area contributed by atoms with Gasteiger partial charge in [0.1, 0.15) is 0 Å². The Morgan fingerprint density at radius 3 is 2.50 bits per heavy atom. The molecule has 1 N–H and O–H groups in total. The highest BCUT2D eigenvalue weighted by molar-refractivity contribution is 5.99. The van der Waals surface area contributed by atoms with Crippen molar-refractivity contribution in [2.75, 3.05) is 11.9 Å². The molecule has 0 aliphatic rings. The van der Waals surface area contributed by atoms with Gasteiger partial charge in [-0.05, 0) is 35.9 Å². The maximum atomic E-state index is 12.1. The van der Waals surface area contributed by atoms with Crippen LogP contribution in [0.3, 0.4) is 0 Å². The quantitative estimate of drug-likeness (QED) is 0.354. The van der Waals surface area contributed by atoms with Crippen molar-refractivity contribution in [2.45, 2.75) is 13.5 Å². The maximum absolute atomic E-state index is 12.1. The fourth-order valence-corrected chi connectivity index (χ4v) is 2.70. The lowest BCUT2D eigenvalue weighted by Gasteiger charge is -2.04. The average molecular weight is 403 g/mol. The Morgan fingerprint density at radius 2 is 1.80 bits per heavy atom. The highest BCUT2D eigenvalue weighted by Gasteiger charge is 2.09. The number of ether oxygens (including phenoxy) is 1. The molecule has 0 fully saturated rings. The van der Waals surface area contributed by atoms with Crippen LogP contribution >= 0.6 is 0 Å². The van der Waals surface area contributed by atoms with Crippen LogP contribution in [0.1, 0.15) is 28.4 Å². The third-order valence-electron chi connectivity index (χ3n) is 4.13. The smallest absolute Gasteiger partial charge is 0.331 e. The van der Waals surface area contributed by atoms with Crippen molar-refractivity contribution in [3.8, 4) is 0 Å². The second kappa shape index (κ2) is 9.97. The molecule has 7 nitrogen and oxygen atoms in total. The zero-order valence-electron chi connectivity index (χ0n) is 16.4. The number of esters is 1. The summed E-state index contributed by atoms with van der Waals surface area (Å²) in [4.78, 5) is 35.0. The molecule has 0 aliphatic carbocycles. The molecule has 152 valence electrons. The molecule has 0 aliphatic heterocycles. The minimum atomic E-state index is -0.617. The molecular formula is C23H21N3O4. The van der Waals surface area contributed by atoms with Gasteiger partial charge in [0, 0.05) is 36.0 Å². The van der Waals surface area contributed by atoms with Crippen LogP contribution in [-0.4, -0.2) is 34.0 Å². The minimum absolute atomic E-state index is 0.194. The molecule has 30 heavy (non-hydrogen) atoms. The van der Waals surface area contributed by atoms with Crippen LogP contribution in [0.15, 0.2) is 73.1 Å². The molecule has 2 aromatic carbocycles. The van der Waals surface area contributed by atoms with Crippen molar-refractivity contribution in [1.29, 1.82) is 0 Å². The van der Waals surface area contributed by atoms with Crippen LogP contribution < -0.4 is 5.32 Å². The van der Waals surface area contributed by atoms with Gasteiger partial charge < -0.3 is 10.1 Å². The Morgan fingerprint density at radius 1 is 1.07 bits per heavy atom.